The molecular weight excluding hydrogens is 224 g/mol. The van der Waals surface area contributed by atoms with Crippen molar-refractivity contribution in [1.29, 1.82) is 0 Å². The van der Waals surface area contributed by atoms with Crippen molar-refractivity contribution in [3.8, 4) is 0 Å². The Morgan fingerprint density at radius 2 is 2.06 bits per heavy atom. The summed E-state index contributed by atoms with van der Waals surface area (Å²) < 4.78 is 0. The molecule has 1 aliphatic carbocycles. The van der Waals surface area contributed by atoms with E-state index >= 15 is 0 Å². The van der Waals surface area contributed by atoms with Crippen LogP contribution in [-0.2, 0) is 4.79 Å². The molecule has 0 aliphatic heterocycles. The van der Waals surface area contributed by atoms with Crippen molar-refractivity contribution in [1.82, 2.24) is 4.90 Å². The highest BCUT2D eigenvalue weighted by Crippen LogP contribution is 2.32. The predicted octanol–water partition coefficient (Wildman–Crippen LogP) is 2.79. The van der Waals surface area contributed by atoms with Crippen LogP contribution in [-0.4, -0.2) is 29.9 Å². The molecule has 1 fully saturated rings. The highest BCUT2D eigenvalue weighted by molar-refractivity contribution is 5.79. The highest BCUT2D eigenvalue weighted by Gasteiger charge is 2.35. The van der Waals surface area contributed by atoms with Gasteiger partial charge in [-0.15, -0.1) is 0 Å². The van der Waals surface area contributed by atoms with Crippen LogP contribution in [0.5, 0.6) is 0 Å². The molecule has 0 radical (unpaired) electrons. The maximum Gasteiger partial charge on any atom is 0.226 e. The Hall–Kier alpha value is -0.570. The van der Waals surface area contributed by atoms with Gasteiger partial charge in [0.1, 0.15) is 0 Å². The molecule has 1 aliphatic rings. The second-order valence-corrected chi connectivity index (χ2v) is 5.87. The van der Waals surface area contributed by atoms with Gasteiger partial charge in [0.25, 0.3) is 0 Å². The lowest BCUT2D eigenvalue weighted by atomic mass is 9.94. The van der Waals surface area contributed by atoms with Crippen LogP contribution in [0.3, 0.4) is 0 Å². The second-order valence-electron chi connectivity index (χ2n) is 5.87. The van der Waals surface area contributed by atoms with Gasteiger partial charge in [0.05, 0.1) is 0 Å². The predicted molar refractivity (Wildman–Crippen MR) is 76.3 cm³/mol. The Morgan fingerprint density at radius 1 is 1.33 bits per heavy atom. The molecule has 0 bridgehead atoms. The molecule has 0 spiro atoms. The van der Waals surface area contributed by atoms with Gasteiger partial charge in [0, 0.05) is 18.5 Å². The minimum Gasteiger partial charge on any atom is -0.340 e. The minimum atomic E-state index is 0.194. The fraction of sp³-hybridized carbons (Fsp3) is 0.933. The molecule has 0 heterocycles. The molecular formula is C15H30N2O. The van der Waals surface area contributed by atoms with E-state index in [-0.39, 0.29) is 5.92 Å². The van der Waals surface area contributed by atoms with Crippen molar-refractivity contribution in [2.45, 2.75) is 65.3 Å². The molecule has 0 saturated heterocycles. The second kappa shape index (κ2) is 7.78. The first-order valence-electron chi connectivity index (χ1n) is 7.62. The molecule has 3 nitrogen and oxygen atoms in total. The molecule has 2 unspecified atom stereocenters. The van der Waals surface area contributed by atoms with Crippen molar-refractivity contribution in [2.75, 3.05) is 13.1 Å². The van der Waals surface area contributed by atoms with Gasteiger partial charge < -0.3 is 10.6 Å². The van der Waals surface area contributed by atoms with E-state index in [0.717, 1.165) is 25.8 Å². The summed E-state index contributed by atoms with van der Waals surface area (Å²) in [5.41, 5.74) is 5.79. The molecule has 1 amide bonds. The number of nitrogens with zero attached hydrogens (tertiary/aromatic N) is 1. The maximum absolute atomic E-state index is 12.6. The van der Waals surface area contributed by atoms with Gasteiger partial charge in [-0.2, -0.15) is 0 Å². The molecule has 0 aromatic heterocycles. The summed E-state index contributed by atoms with van der Waals surface area (Å²) in [7, 11) is 0. The number of carbonyl (C=O) groups is 1. The molecule has 2 atom stereocenters. The van der Waals surface area contributed by atoms with Crippen LogP contribution in [0.4, 0.5) is 0 Å². The zero-order chi connectivity index (χ0) is 13.5. The summed E-state index contributed by atoms with van der Waals surface area (Å²) in [5.74, 6) is 0.970. The van der Waals surface area contributed by atoms with Crippen LogP contribution in [0.15, 0.2) is 0 Å². The third kappa shape index (κ3) is 3.98. The number of hydrogen-bond acceptors (Lipinski definition) is 2. The summed E-state index contributed by atoms with van der Waals surface area (Å²) in [6.45, 7) is 8.02. The molecule has 1 saturated carbocycles. The van der Waals surface area contributed by atoms with E-state index in [4.69, 9.17) is 5.73 Å². The summed E-state index contributed by atoms with van der Waals surface area (Å²) in [4.78, 5) is 14.7. The third-order valence-corrected chi connectivity index (χ3v) is 4.19. The quantitative estimate of drug-likeness (QED) is 0.710. The SMILES string of the molecule is CCCCCN(C(=O)C1CCCC1CN)C(C)C. The monoisotopic (exact) mass is 254 g/mol. The smallest absolute Gasteiger partial charge is 0.226 e. The summed E-state index contributed by atoms with van der Waals surface area (Å²) in [6.07, 6.45) is 6.88. The van der Waals surface area contributed by atoms with Crippen molar-refractivity contribution < 1.29 is 4.79 Å². The molecule has 1 rings (SSSR count). The average Bonchev–Trinajstić information content (AvgIpc) is 2.81. The van der Waals surface area contributed by atoms with Crippen LogP contribution in [0, 0.1) is 11.8 Å². The zero-order valence-electron chi connectivity index (χ0n) is 12.3. The van der Waals surface area contributed by atoms with Crippen LogP contribution in [0.2, 0.25) is 0 Å². The van der Waals surface area contributed by atoms with Gasteiger partial charge in [0.2, 0.25) is 5.91 Å². The Kier molecular flexibility index (Phi) is 6.69. The zero-order valence-corrected chi connectivity index (χ0v) is 12.3. The Bertz CT molecular complexity index is 253. The summed E-state index contributed by atoms with van der Waals surface area (Å²) in [5, 5.41) is 0. The number of unbranched alkanes of at least 4 members (excludes halogenated alkanes) is 2. The van der Waals surface area contributed by atoms with E-state index < -0.39 is 0 Å². The van der Waals surface area contributed by atoms with Crippen molar-refractivity contribution in [3.63, 3.8) is 0 Å². The fourth-order valence-electron chi connectivity index (χ4n) is 3.01. The summed E-state index contributed by atoms with van der Waals surface area (Å²) in [6, 6.07) is 0.313. The van der Waals surface area contributed by atoms with Crippen LogP contribution in [0.1, 0.15) is 59.3 Å². The van der Waals surface area contributed by atoms with Crippen molar-refractivity contribution in [2.24, 2.45) is 17.6 Å². The molecule has 2 N–H and O–H groups in total. The van der Waals surface area contributed by atoms with Gasteiger partial charge in [-0.25, -0.2) is 0 Å². The molecule has 18 heavy (non-hydrogen) atoms. The van der Waals surface area contributed by atoms with Gasteiger partial charge >= 0.3 is 0 Å². The van der Waals surface area contributed by atoms with Crippen LogP contribution in [0.25, 0.3) is 0 Å². The minimum absolute atomic E-state index is 0.194. The van der Waals surface area contributed by atoms with E-state index in [9.17, 15) is 4.79 Å². The van der Waals surface area contributed by atoms with Gasteiger partial charge in [0.15, 0.2) is 0 Å². The summed E-state index contributed by atoms with van der Waals surface area (Å²) >= 11 is 0. The first kappa shape index (κ1) is 15.5. The molecule has 106 valence electrons. The lowest BCUT2D eigenvalue weighted by Crippen LogP contribution is -2.43. The topological polar surface area (TPSA) is 46.3 Å². The van der Waals surface area contributed by atoms with Crippen molar-refractivity contribution in [3.05, 3.63) is 0 Å². The highest BCUT2D eigenvalue weighted by atomic mass is 16.2. The van der Waals surface area contributed by atoms with Gasteiger partial charge in [-0.3, -0.25) is 4.79 Å². The first-order valence-corrected chi connectivity index (χ1v) is 7.62. The normalized spacial score (nSPS) is 23.6. The lowest BCUT2D eigenvalue weighted by molar-refractivity contribution is -0.138. The van der Waals surface area contributed by atoms with E-state index in [1.165, 1.54) is 19.3 Å². The Balaban J connectivity index is 2.58. The lowest BCUT2D eigenvalue weighted by Gasteiger charge is -2.31. The molecule has 0 aromatic carbocycles. The number of carbonyl (C=O) groups excluding carboxylic acids is 1. The van der Waals surface area contributed by atoms with E-state index in [1.54, 1.807) is 0 Å². The number of amides is 1. The van der Waals surface area contributed by atoms with Crippen LogP contribution >= 0.6 is 0 Å². The Labute approximate surface area is 112 Å². The third-order valence-electron chi connectivity index (χ3n) is 4.19. The number of hydrogen-bond donors (Lipinski definition) is 1. The molecule has 3 heteroatoms. The number of rotatable bonds is 7. The van der Waals surface area contributed by atoms with E-state index in [2.05, 4.69) is 25.7 Å². The molecule has 0 aromatic rings. The first-order chi connectivity index (χ1) is 8.61. The maximum atomic E-state index is 12.6. The van der Waals surface area contributed by atoms with Gasteiger partial charge in [-0.05, 0) is 45.6 Å². The fourth-order valence-corrected chi connectivity index (χ4v) is 3.01. The van der Waals surface area contributed by atoms with E-state index in [1.807, 2.05) is 0 Å². The largest absolute Gasteiger partial charge is 0.340 e. The standard InChI is InChI=1S/C15H30N2O/c1-4-5-6-10-17(12(2)3)15(18)14-9-7-8-13(14)11-16/h12-14H,4-11,16H2,1-3H3. The van der Waals surface area contributed by atoms with Gasteiger partial charge in [-0.1, -0.05) is 26.2 Å². The van der Waals surface area contributed by atoms with Crippen molar-refractivity contribution >= 4 is 5.91 Å². The Morgan fingerprint density at radius 3 is 2.61 bits per heavy atom. The van der Waals surface area contributed by atoms with Crippen LogP contribution < -0.4 is 5.73 Å². The van der Waals surface area contributed by atoms with E-state index in [0.29, 0.717) is 24.4 Å². The number of nitrogens with two attached hydrogens (primary N) is 1. The average molecular weight is 254 g/mol.